The van der Waals surface area contributed by atoms with Crippen LogP contribution in [0.5, 0.6) is 0 Å². The van der Waals surface area contributed by atoms with Gasteiger partial charge in [-0.2, -0.15) is 11.3 Å². The van der Waals surface area contributed by atoms with Crippen molar-refractivity contribution < 1.29 is 4.74 Å². The summed E-state index contributed by atoms with van der Waals surface area (Å²) >= 11 is 1.80. The molecule has 0 aromatic carbocycles. The Morgan fingerprint density at radius 2 is 2.20 bits per heavy atom. The van der Waals surface area contributed by atoms with E-state index in [1.54, 1.807) is 11.3 Å². The summed E-state index contributed by atoms with van der Waals surface area (Å²) in [4.78, 5) is 5.20. The summed E-state index contributed by atoms with van der Waals surface area (Å²) in [5.74, 6) is 0. The number of likely N-dealkylation sites (N-methyl/N-ethyl adjacent to an activating group) is 1. The maximum Gasteiger partial charge on any atom is 0.0593 e. The lowest BCUT2D eigenvalue weighted by molar-refractivity contribution is 0.00337. The normalized spacial score (nSPS) is 29.6. The molecule has 2 aliphatic heterocycles. The van der Waals surface area contributed by atoms with Gasteiger partial charge in [-0.15, -0.1) is 0 Å². The van der Waals surface area contributed by atoms with E-state index in [1.807, 2.05) is 0 Å². The van der Waals surface area contributed by atoms with Crippen LogP contribution in [0, 0.1) is 5.41 Å². The average Bonchev–Trinajstić information content (AvgIpc) is 2.88. The quantitative estimate of drug-likeness (QED) is 0.852. The molecule has 1 atom stereocenters. The summed E-state index contributed by atoms with van der Waals surface area (Å²) in [6.45, 7) is 11.1. The lowest BCUT2D eigenvalue weighted by Crippen LogP contribution is -2.50. The molecule has 2 fully saturated rings. The van der Waals surface area contributed by atoms with E-state index in [9.17, 15) is 0 Å². The van der Waals surface area contributed by atoms with Gasteiger partial charge in [-0.1, -0.05) is 6.92 Å². The van der Waals surface area contributed by atoms with E-state index in [0.717, 1.165) is 32.8 Å². The van der Waals surface area contributed by atoms with Gasteiger partial charge in [-0.3, -0.25) is 4.90 Å². The fourth-order valence-corrected chi connectivity index (χ4v) is 4.34. The molecule has 20 heavy (non-hydrogen) atoms. The summed E-state index contributed by atoms with van der Waals surface area (Å²) in [7, 11) is 0. The van der Waals surface area contributed by atoms with Crippen LogP contribution in [0.1, 0.15) is 25.3 Å². The smallest absolute Gasteiger partial charge is 0.0593 e. The molecule has 1 aromatic heterocycles. The number of hydrogen-bond donors (Lipinski definition) is 0. The van der Waals surface area contributed by atoms with Crippen molar-refractivity contribution in [2.24, 2.45) is 5.41 Å². The van der Waals surface area contributed by atoms with Crippen molar-refractivity contribution in [3.05, 3.63) is 22.4 Å². The summed E-state index contributed by atoms with van der Waals surface area (Å²) in [5.41, 5.74) is 1.83. The first kappa shape index (κ1) is 14.5. The molecule has 0 saturated carbocycles. The number of nitrogens with zero attached hydrogens (tertiary/aromatic N) is 2. The van der Waals surface area contributed by atoms with Crippen LogP contribution in [0.15, 0.2) is 16.8 Å². The SMILES string of the molecule is CCN1CCOC[C@]2(CCCN(Cc3ccsc3)C2)C1. The summed E-state index contributed by atoms with van der Waals surface area (Å²) in [6.07, 6.45) is 2.63. The third-order valence-electron chi connectivity index (χ3n) is 4.69. The molecule has 0 N–H and O–H groups in total. The first-order valence-electron chi connectivity index (χ1n) is 7.83. The van der Waals surface area contributed by atoms with Crippen LogP contribution in [-0.4, -0.2) is 55.7 Å². The summed E-state index contributed by atoms with van der Waals surface area (Å²) in [5, 5.41) is 4.46. The molecule has 3 rings (SSSR count). The van der Waals surface area contributed by atoms with Gasteiger partial charge in [-0.05, 0) is 48.3 Å². The second-order valence-electron chi connectivity index (χ2n) is 6.37. The van der Waals surface area contributed by atoms with Gasteiger partial charge in [0.2, 0.25) is 0 Å². The number of rotatable bonds is 3. The van der Waals surface area contributed by atoms with E-state index in [2.05, 4.69) is 33.6 Å². The van der Waals surface area contributed by atoms with Gasteiger partial charge in [0.15, 0.2) is 0 Å². The van der Waals surface area contributed by atoms with Crippen molar-refractivity contribution in [3.8, 4) is 0 Å². The predicted octanol–water partition coefficient (Wildman–Crippen LogP) is 2.68. The molecule has 4 heteroatoms. The van der Waals surface area contributed by atoms with Gasteiger partial charge < -0.3 is 9.64 Å². The molecular formula is C16H26N2OS. The lowest BCUT2D eigenvalue weighted by atomic mass is 9.80. The Hall–Kier alpha value is -0.420. The van der Waals surface area contributed by atoms with Crippen LogP contribution in [0.3, 0.4) is 0 Å². The van der Waals surface area contributed by atoms with Crippen LogP contribution >= 0.6 is 11.3 Å². The minimum Gasteiger partial charge on any atom is -0.379 e. The fourth-order valence-electron chi connectivity index (χ4n) is 3.68. The Morgan fingerprint density at radius 1 is 1.30 bits per heavy atom. The highest BCUT2D eigenvalue weighted by molar-refractivity contribution is 7.07. The van der Waals surface area contributed by atoms with Gasteiger partial charge in [0.25, 0.3) is 0 Å². The third kappa shape index (κ3) is 3.42. The molecule has 3 heterocycles. The average molecular weight is 294 g/mol. The molecule has 0 radical (unpaired) electrons. The first-order chi connectivity index (χ1) is 9.80. The van der Waals surface area contributed by atoms with Crippen molar-refractivity contribution in [2.45, 2.75) is 26.3 Å². The van der Waals surface area contributed by atoms with Gasteiger partial charge in [0, 0.05) is 31.6 Å². The predicted molar refractivity (Wildman–Crippen MR) is 84.2 cm³/mol. The number of thiophene rings is 1. The van der Waals surface area contributed by atoms with Crippen LogP contribution < -0.4 is 0 Å². The number of piperidine rings is 1. The van der Waals surface area contributed by atoms with Gasteiger partial charge in [-0.25, -0.2) is 0 Å². The Labute approximate surface area is 126 Å². The summed E-state index contributed by atoms with van der Waals surface area (Å²) < 4.78 is 5.94. The first-order valence-corrected chi connectivity index (χ1v) is 8.77. The molecule has 2 aliphatic rings. The zero-order valence-electron chi connectivity index (χ0n) is 12.5. The molecular weight excluding hydrogens is 268 g/mol. The minimum absolute atomic E-state index is 0.362. The molecule has 3 nitrogen and oxygen atoms in total. The van der Waals surface area contributed by atoms with Gasteiger partial charge in [0.1, 0.15) is 0 Å². The topological polar surface area (TPSA) is 15.7 Å². The Bertz CT molecular complexity index is 409. The molecule has 0 bridgehead atoms. The largest absolute Gasteiger partial charge is 0.379 e. The summed E-state index contributed by atoms with van der Waals surface area (Å²) in [6, 6.07) is 2.26. The van der Waals surface area contributed by atoms with Gasteiger partial charge >= 0.3 is 0 Å². The molecule has 0 amide bonds. The van der Waals surface area contributed by atoms with Crippen molar-refractivity contribution in [2.75, 3.05) is 45.9 Å². The Balaban J connectivity index is 1.66. The van der Waals surface area contributed by atoms with E-state index >= 15 is 0 Å². The third-order valence-corrected chi connectivity index (χ3v) is 5.43. The lowest BCUT2D eigenvalue weighted by Gasteiger charge is -2.43. The van der Waals surface area contributed by atoms with Crippen molar-refractivity contribution in [3.63, 3.8) is 0 Å². The fraction of sp³-hybridized carbons (Fsp3) is 0.750. The van der Waals surface area contributed by atoms with E-state index in [0.29, 0.717) is 5.41 Å². The zero-order valence-corrected chi connectivity index (χ0v) is 13.3. The van der Waals surface area contributed by atoms with Gasteiger partial charge in [0.05, 0.1) is 13.2 Å². The Kier molecular flexibility index (Phi) is 4.76. The standard InChI is InChI=1S/C16H26N2OS/c1-2-17-7-8-19-14-16(12-17)5-3-6-18(13-16)10-15-4-9-20-11-15/h4,9,11H,2-3,5-8,10,12-14H2,1H3/t16-/m1/s1. The van der Waals surface area contributed by atoms with E-state index in [1.165, 1.54) is 38.0 Å². The van der Waals surface area contributed by atoms with E-state index < -0.39 is 0 Å². The van der Waals surface area contributed by atoms with Crippen molar-refractivity contribution in [1.82, 2.24) is 9.80 Å². The number of ether oxygens (including phenoxy) is 1. The van der Waals surface area contributed by atoms with Crippen molar-refractivity contribution in [1.29, 1.82) is 0 Å². The molecule has 2 saturated heterocycles. The van der Waals surface area contributed by atoms with E-state index in [4.69, 9.17) is 4.74 Å². The van der Waals surface area contributed by atoms with Crippen LogP contribution in [0.4, 0.5) is 0 Å². The second kappa shape index (κ2) is 6.56. The van der Waals surface area contributed by atoms with Crippen LogP contribution in [0.25, 0.3) is 0 Å². The number of likely N-dealkylation sites (tertiary alicyclic amines) is 1. The highest BCUT2D eigenvalue weighted by atomic mass is 32.1. The molecule has 1 spiro atoms. The molecule has 0 unspecified atom stereocenters. The highest BCUT2D eigenvalue weighted by Crippen LogP contribution is 2.33. The minimum atomic E-state index is 0.362. The molecule has 1 aromatic rings. The highest BCUT2D eigenvalue weighted by Gasteiger charge is 2.38. The maximum absolute atomic E-state index is 5.94. The maximum atomic E-state index is 5.94. The second-order valence-corrected chi connectivity index (χ2v) is 7.15. The Morgan fingerprint density at radius 3 is 3.00 bits per heavy atom. The monoisotopic (exact) mass is 294 g/mol. The van der Waals surface area contributed by atoms with Crippen LogP contribution in [-0.2, 0) is 11.3 Å². The van der Waals surface area contributed by atoms with Crippen LogP contribution in [0.2, 0.25) is 0 Å². The molecule has 0 aliphatic carbocycles. The zero-order chi connectivity index (χ0) is 13.8. The van der Waals surface area contributed by atoms with Crippen molar-refractivity contribution >= 4 is 11.3 Å². The molecule has 112 valence electrons. The number of hydrogen-bond acceptors (Lipinski definition) is 4. The van der Waals surface area contributed by atoms with E-state index in [-0.39, 0.29) is 0 Å².